The monoisotopic (exact) mass is 254 g/mol. The SMILES string of the molecule is CCCc1c(C(=O)O)cccc1-c1ccccc1C. The van der Waals surface area contributed by atoms with Crippen LogP contribution in [-0.2, 0) is 6.42 Å². The number of carboxylic acid groups (broad SMARTS) is 1. The molecule has 0 radical (unpaired) electrons. The summed E-state index contributed by atoms with van der Waals surface area (Å²) in [6.45, 7) is 4.12. The Morgan fingerprint density at radius 2 is 1.74 bits per heavy atom. The quantitative estimate of drug-likeness (QED) is 0.882. The van der Waals surface area contributed by atoms with E-state index in [2.05, 4.69) is 26.0 Å². The van der Waals surface area contributed by atoms with E-state index in [1.165, 1.54) is 5.56 Å². The van der Waals surface area contributed by atoms with Gasteiger partial charge in [-0.1, -0.05) is 49.7 Å². The third-order valence-corrected chi connectivity index (χ3v) is 3.34. The number of rotatable bonds is 4. The predicted octanol–water partition coefficient (Wildman–Crippen LogP) is 4.31. The number of aryl methyl sites for hydroxylation is 1. The van der Waals surface area contributed by atoms with Crippen molar-refractivity contribution < 1.29 is 9.90 Å². The molecule has 19 heavy (non-hydrogen) atoms. The van der Waals surface area contributed by atoms with Gasteiger partial charge in [-0.3, -0.25) is 0 Å². The molecule has 0 aliphatic carbocycles. The van der Waals surface area contributed by atoms with Crippen molar-refractivity contribution in [2.24, 2.45) is 0 Å². The fraction of sp³-hybridized carbons (Fsp3) is 0.235. The summed E-state index contributed by atoms with van der Waals surface area (Å²) < 4.78 is 0. The highest BCUT2D eigenvalue weighted by atomic mass is 16.4. The molecule has 0 spiro atoms. The number of hydrogen-bond acceptors (Lipinski definition) is 1. The molecule has 0 aliphatic rings. The minimum Gasteiger partial charge on any atom is -0.478 e. The zero-order valence-corrected chi connectivity index (χ0v) is 11.3. The maximum absolute atomic E-state index is 11.4. The van der Waals surface area contributed by atoms with Crippen LogP contribution in [0.3, 0.4) is 0 Å². The van der Waals surface area contributed by atoms with Crippen LogP contribution in [0.4, 0.5) is 0 Å². The molecule has 1 N–H and O–H groups in total. The molecule has 2 rings (SSSR count). The molecule has 2 aromatic rings. The topological polar surface area (TPSA) is 37.3 Å². The first-order valence-corrected chi connectivity index (χ1v) is 6.56. The molecule has 0 aromatic heterocycles. The number of carbonyl (C=O) groups is 1. The summed E-state index contributed by atoms with van der Waals surface area (Å²) in [7, 11) is 0. The minimum absolute atomic E-state index is 0.419. The Morgan fingerprint density at radius 1 is 1.05 bits per heavy atom. The van der Waals surface area contributed by atoms with E-state index >= 15 is 0 Å². The number of carboxylic acids is 1. The van der Waals surface area contributed by atoms with Gasteiger partial charge >= 0.3 is 5.97 Å². The van der Waals surface area contributed by atoms with Crippen LogP contribution < -0.4 is 0 Å². The molecule has 0 saturated heterocycles. The van der Waals surface area contributed by atoms with Crippen molar-refractivity contribution in [3.8, 4) is 11.1 Å². The molecule has 2 nitrogen and oxygen atoms in total. The second-order valence-corrected chi connectivity index (χ2v) is 4.70. The molecule has 2 heteroatoms. The Labute approximate surface area is 113 Å². The van der Waals surface area contributed by atoms with E-state index in [0.717, 1.165) is 29.5 Å². The van der Waals surface area contributed by atoms with Crippen LogP contribution in [-0.4, -0.2) is 11.1 Å². The van der Waals surface area contributed by atoms with Crippen molar-refractivity contribution >= 4 is 5.97 Å². The molecule has 2 aromatic carbocycles. The first-order valence-electron chi connectivity index (χ1n) is 6.56. The van der Waals surface area contributed by atoms with Gasteiger partial charge in [0, 0.05) is 0 Å². The van der Waals surface area contributed by atoms with Gasteiger partial charge in [0.15, 0.2) is 0 Å². The molecule has 0 atom stereocenters. The van der Waals surface area contributed by atoms with E-state index in [4.69, 9.17) is 0 Å². The first kappa shape index (κ1) is 13.3. The van der Waals surface area contributed by atoms with Gasteiger partial charge in [0.05, 0.1) is 5.56 Å². The fourth-order valence-electron chi connectivity index (χ4n) is 2.43. The van der Waals surface area contributed by atoms with Crippen molar-refractivity contribution in [2.45, 2.75) is 26.7 Å². The van der Waals surface area contributed by atoms with Gasteiger partial charge in [-0.15, -0.1) is 0 Å². The Hall–Kier alpha value is -2.09. The summed E-state index contributed by atoms with van der Waals surface area (Å²) in [5.74, 6) is -0.848. The highest BCUT2D eigenvalue weighted by molar-refractivity contribution is 5.92. The second-order valence-electron chi connectivity index (χ2n) is 4.70. The van der Waals surface area contributed by atoms with Crippen LogP contribution in [0, 0.1) is 6.92 Å². The average molecular weight is 254 g/mol. The molecule has 0 bridgehead atoms. The second kappa shape index (κ2) is 5.70. The summed E-state index contributed by atoms with van der Waals surface area (Å²) in [5, 5.41) is 9.33. The van der Waals surface area contributed by atoms with E-state index in [1.54, 1.807) is 6.07 Å². The van der Waals surface area contributed by atoms with E-state index < -0.39 is 5.97 Å². The van der Waals surface area contributed by atoms with Gasteiger partial charge in [-0.2, -0.15) is 0 Å². The van der Waals surface area contributed by atoms with E-state index in [9.17, 15) is 9.90 Å². The van der Waals surface area contributed by atoms with Gasteiger partial charge in [-0.25, -0.2) is 4.79 Å². The third-order valence-electron chi connectivity index (χ3n) is 3.34. The Morgan fingerprint density at radius 3 is 2.37 bits per heavy atom. The van der Waals surface area contributed by atoms with Crippen LogP contribution in [0.1, 0.15) is 34.8 Å². The average Bonchev–Trinajstić information content (AvgIpc) is 2.40. The lowest BCUT2D eigenvalue weighted by atomic mass is 9.90. The van der Waals surface area contributed by atoms with Crippen molar-refractivity contribution in [2.75, 3.05) is 0 Å². The standard InChI is InChI=1S/C17H18O2/c1-3-7-14-15(10-6-11-16(14)17(18)19)13-9-5-4-8-12(13)2/h4-6,8-11H,3,7H2,1-2H3,(H,18,19). The largest absolute Gasteiger partial charge is 0.478 e. The van der Waals surface area contributed by atoms with Gasteiger partial charge in [0.2, 0.25) is 0 Å². The number of benzene rings is 2. The zero-order valence-electron chi connectivity index (χ0n) is 11.3. The van der Waals surface area contributed by atoms with Crippen LogP contribution in [0.25, 0.3) is 11.1 Å². The number of aromatic carboxylic acids is 1. The van der Waals surface area contributed by atoms with Gasteiger partial charge in [0.1, 0.15) is 0 Å². The van der Waals surface area contributed by atoms with Crippen LogP contribution >= 0.6 is 0 Å². The molecule has 98 valence electrons. The van der Waals surface area contributed by atoms with Gasteiger partial charge in [0.25, 0.3) is 0 Å². The van der Waals surface area contributed by atoms with Crippen molar-refractivity contribution in [3.05, 3.63) is 59.2 Å². The molecule has 0 unspecified atom stereocenters. The summed E-state index contributed by atoms with van der Waals surface area (Å²) in [4.78, 5) is 11.4. The molecular weight excluding hydrogens is 236 g/mol. The molecule has 0 heterocycles. The van der Waals surface area contributed by atoms with Crippen molar-refractivity contribution in [3.63, 3.8) is 0 Å². The van der Waals surface area contributed by atoms with Crippen LogP contribution in [0.15, 0.2) is 42.5 Å². The van der Waals surface area contributed by atoms with Crippen molar-refractivity contribution in [1.82, 2.24) is 0 Å². The first-order chi connectivity index (χ1) is 9.15. The highest BCUT2D eigenvalue weighted by Gasteiger charge is 2.15. The van der Waals surface area contributed by atoms with Crippen LogP contribution in [0.5, 0.6) is 0 Å². The third kappa shape index (κ3) is 2.68. The van der Waals surface area contributed by atoms with E-state index in [1.807, 2.05) is 24.3 Å². The Bertz CT molecular complexity index is 600. The fourth-order valence-corrected chi connectivity index (χ4v) is 2.43. The lowest BCUT2D eigenvalue weighted by Gasteiger charge is -2.14. The smallest absolute Gasteiger partial charge is 0.335 e. The molecule has 0 fully saturated rings. The Kier molecular flexibility index (Phi) is 4.00. The molecule has 0 aliphatic heterocycles. The molecule has 0 amide bonds. The maximum Gasteiger partial charge on any atom is 0.335 e. The van der Waals surface area contributed by atoms with Crippen LogP contribution in [0.2, 0.25) is 0 Å². The molecule has 0 saturated carbocycles. The van der Waals surface area contributed by atoms with Crippen molar-refractivity contribution in [1.29, 1.82) is 0 Å². The maximum atomic E-state index is 11.4. The summed E-state index contributed by atoms with van der Waals surface area (Å²) in [5.41, 5.74) is 4.69. The summed E-state index contributed by atoms with van der Waals surface area (Å²) >= 11 is 0. The normalized spacial score (nSPS) is 10.4. The van der Waals surface area contributed by atoms with E-state index in [-0.39, 0.29) is 0 Å². The number of hydrogen-bond donors (Lipinski definition) is 1. The Balaban J connectivity index is 2.66. The molecular formula is C17H18O2. The highest BCUT2D eigenvalue weighted by Crippen LogP contribution is 2.29. The van der Waals surface area contributed by atoms with E-state index in [0.29, 0.717) is 5.56 Å². The predicted molar refractivity (Wildman–Crippen MR) is 77.6 cm³/mol. The minimum atomic E-state index is -0.848. The van der Waals surface area contributed by atoms with Gasteiger partial charge < -0.3 is 5.11 Å². The summed E-state index contributed by atoms with van der Waals surface area (Å²) in [6, 6.07) is 13.6. The lowest BCUT2D eigenvalue weighted by molar-refractivity contribution is 0.0695. The lowest BCUT2D eigenvalue weighted by Crippen LogP contribution is -2.04. The summed E-state index contributed by atoms with van der Waals surface area (Å²) in [6.07, 6.45) is 1.72. The van der Waals surface area contributed by atoms with Gasteiger partial charge in [-0.05, 0) is 41.7 Å². The zero-order chi connectivity index (χ0) is 13.8.